The lowest BCUT2D eigenvalue weighted by atomic mass is 10.0. The van der Waals surface area contributed by atoms with Crippen molar-refractivity contribution in [2.75, 3.05) is 7.11 Å². The summed E-state index contributed by atoms with van der Waals surface area (Å²) in [5.74, 6) is -0.484. The number of hydrogen-bond acceptors (Lipinski definition) is 5. The fourth-order valence-electron chi connectivity index (χ4n) is 2.56. The summed E-state index contributed by atoms with van der Waals surface area (Å²) in [6.07, 6.45) is 2.13. The van der Waals surface area contributed by atoms with Crippen molar-refractivity contribution in [3.63, 3.8) is 0 Å². The number of amides is 1. The van der Waals surface area contributed by atoms with Crippen molar-refractivity contribution in [3.8, 4) is 0 Å². The van der Waals surface area contributed by atoms with E-state index in [1.54, 1.807) is 6.92 Å². The van der Waals surface area contributed by atoms with Gasteiger partial charge >= 0.3 is 5.97 Å². The molecule has 0 radical (unpaired) electrons. The minimum Gasteiger partial charge on any atom is -0.467 e. The van der Waals surface area contributed by atoms with Crippen LogP contribution in [0.1, 0.15) is 21.8 Å². The van der Waals surface area contributed by atoms with Gasteiger partial charge in [0.2, 0.25) is 0 Å². The maximum absolute atomic E-state index is 12.2. The first-order valence-corrected chi connectivity index (χ1v) is 7.45. The predicted octanol–water partition coefficient (Wildman–Crippen LogP) is 1.98. The van der Waals surface area contributed by atoms with Crippen molar-refractivity contribution >= 4 is 22.8 Å². The highest BCUT2D eigenvalue weighted by Crippen LogP contribution is 2.19. The van der Waals surface area contributed by atoms with Crippen LogP contribution in [0.4, 0.5) is 0 Å². The van der Waals surface area contributed by atoms with Gasteiger partial charge in [0.05, 0.1) is 7.11 Å². The number of ether oxygens (including phenoxy) is 1. The van der Waals surface area contributed by atoms with Crippen LogP contribution in [-0.4, -0.2) is 35.2 Å². The fourth-order valence-corrected chi connectivity index (χ4v) is 2.56. The summed E-state index contributed by atoms with van der Waals surface area (Å²) in [6, 6.07) is 8.44. The number of para-hydroxylation sites is 1. The van der Waals surface area contributed by atoms with Crippen molar-refractivity contribution in [2.24, 2.45) is 0 Å². The first-order valence-electron chi connectivity index (χ1n) is 7.45. The Morgan fingerprint density at radius 2 is 2.17 bits per heavy atom. The number of aromatic amines is 1. The summed E-state index contributed by atoms with van der Waals surface area (Å²) in [4.78, 5) is 27.4. The molecule has 124 valence electrons. The maximum atomic E-state index is 12.2. The number of hydrogen-bond donors (Lipinski definition) is 2. The van der Waals surface area contributed by atoms with E-state index in [0.29, 0.717) is 12.2 Å². The number of H-pyrrole nitrogens is 1. The van der Waals surface area contributed by atoms with Crippen LogP contribution in [0, 0.1) is 6.92 Å². The molecule has 0 saturated carbocycles. The molecule has 7 heteroatoms. The quantitative estimate of drug-likeness (QED) is 0.698. The Kier molecular flexibility index (Phi) is 4.33. The molecule has 0 saturated heterocycles. The summed E-state index contributed by atoms with van der Waals surface area (Å²) in [5, 5.41) is 7.30. The molecule has 1 atom stereocenters. The van der Waals surface area contributed by atoms with E-state index < -0.39 is 17.9 Å². The largest absolute Gasteiger partial charge is 0.467 e. The molecule has 1 aromatic carbocycles. The van der Waals surface area contributed by atoms with Crippen LogP contribution >= 0.6 is 0 Å². The van der Waals surface area contributed by atoms with Gasteiger partial charge in [0.1, 0.15) is 11.8 Å². The van der Waals surface area contributed by atoms with Crippen molar-refractivity contribution < 1.29 is 18.8 Å². The van der Waals surface area contributed by atoms with Crippen LogP contribution < -0.4 is 5.32 Å². The predicted molar refractivity (Wildman–Crippen MR) is 86.5 cm³/mol. The van der Waals surface area contributed by atoms with E-state index in [1.165, 1.54) is 13.2 Å². The highest BCUT2D eigenvalue weighted by Gasteiger charge is 2.25. The first kappa shape index (κ1) is 15.8. The van der Waals surface area contributed by atoms with Crippen LogP contribution in [0.25, 0.3) is 10.9 Å². The molecule has 3 rings (SSSR count). The van der Waals surface area contributed by atoms with Gasteiger partial charge in [0.25, 0.3) is 5.91 Å². The zero-order chi connectivity index (χ0) is 17.1. The van der Waals surface area contributed by atoms with Gasteiger partial charge in [-0.15, -0.1) is 0 Å². The number of esters is 1. The van der Waals surface area contributed by atoms with Gasteiger partial charge in [-0.3, -0.25) is 4.79 Å². The van der Waals surface area contributed by atoms with Gasteiger partial charge in [-0.2, -0.15) is 0 Å². The number of carbonyl (C=O) groups excluding carboxylic acids is 2. The number of nitrogens with one attached hydrogen (secondary N) is 2. The van der Waals surface area contributed by atoms with Crippen molar-refractivity contribution in [1.29, 1.82) is 0 Å². The third-order valence-electron chi connectivity index (χ3n) is 3.75. The second kappa shape index (κ2) is 6.57. The Bertz CT molecular complexity index is 881. The molecule has 7 nitrogen and oxygen atoms in total. The molecule has 0 aliphatic rings. The Morgan fingerprint density at radius 3 is 2.88 bits per heavy atom. The van der Waals surface area contributed by atoms with E-state index in [4.69, 9.17) is 9.26 Å². The Morgan fingerprint density at radius 1 is 1.38 bits per heavy atom. The summed E-state index contributed by atoms with van der Waals surface area (Å²) in [6.45, 7) is 1.69. The van der Waals surface area contributed by atoms with Gasteiger partial charge in [0.15, 0.2) is 5.69 Å². The number of methoxy groups -OCH3 is 1. The average molecular weight is 327 g/mol. The summed E-state index contributed by atoms with van der Waals surface area (Å²) in [5.41, 5.74) is 2.01. The zero-order valence-electron chi connectivity index (χ0n) is 13.3. The molecular formula is C17H17N3O4. The third-order valence-corrected chi connectivity index (χ3v) is 3.75. The van der Waals surface area contributed by atoms with E-state index in [9.17, 15) is 9.59 Å². The van der Waals surface area contributed by atoms with Crippen LogP contribution in [0.5, 0.6) is 0 Å². The van der Waals surface area contributed by atoms with Gasteiger partial charge in [-0.25, -0.2) is 4.79 Å². The van der Waals surface area contributed by atoms with Gasteiger partial charge in [0, 0.05) is 29.6 Å². The molecule has 1 amide bonds. The lowest BCUT2D eigenvalue weighted by Crippen LogP contribution is -2.43. The number of rotatable bonds is 5. The SMILES string of the molecule is COC(=O)C(Cc1c[nH]c2ccccc12)NC(=O)c1cc(C)on1. The lowest BCUT2D eigenvalue weighted by molar-refractivity contribution is -0.142. The van der Waals surface area contributed by atoms with E-state index in [-0.39, 0.29) is 5.69 Å². The monoisotopic (exact) mass is 327 g/mol. The van der Waals surface area contributed by atoms with Crippen molar-refractivity contribution in [2.45, 2.75) is 19.4 Å². The minimum absolute atomic E-state index is 0.125. The molecule has 3 aromatic rings. The maximum Gasteiger partial charge on any atom is 0.328 e. The summed E-state index contributed by atoms with van der Waals surface area (Å²) >= 11 is 0. The standard InChI is InChI=1S/C17H17N3O4/c1-10-7-14(20-24-10)16(21)19-15(17(22)23-2)8-11-9-18-13-6-4-3-5-12(11)13/h3-7,9,15,18H,8H2,1-2H3,(H,19,21). The number of benzene rings is 1. The smallest absolute Gasteiger partial charge is 0.328 e. The molecule has 2 heterocycles. The lowest BCUT2D eigenvalue weighted by Gasteiger charge is -2.15. The zero-order valence-corrected chi connectivity index (χ0v) is 13.3. The Hall–Kier alpha value is -3.09. The third kappa shape index (κ3) is 3.15. The highest BCUT2D eigenvalue weighted by atomic mass is 16.5. The average Bonchev–Trinajstić information content (AvgIpc) is 3.20. The molecule has 2 aromatic heterocycles. The van der Waals surface area contributed by atoms with E-state index in [1.807, 2.05) is 30.5 Å². The Labute approximate surface area is 138 Å². The Balaban J connectivity index is 1.81. The minimum atomic E-state index is -0.821. The first-order chi connectivity index (χ1) is 11.6. The fraction of sp³-hybridized carbons (Fsp3) is 0.235. The molecule has 0 aliphatic carbocycles. The molecule has 1 unspecified atom stereocenters. The van der Waals surface area contributed by atoms with Crippen LogP contribution in [0.2, 0.25) is 0 Å². The second-order valence-electron chi connectivity index (χ2n) is 5.44. The van der Waals surface area contributed by atoms with Gasteiger partial charge < -0.3 is 19.6 Å². The van der Waals surface area contributed by atoms with Crippen LogP contribution in [0.3, 0.4) is 0 Å². The molecule has 0 bridgehead atoms. The second-order valence-corrected chi connectivity index (χ2v) is 5.44. The van der Waals surface area contributed by atoms with Gasteiger partial charge in [-0.1, -0.05) is 23.4 Å². The number of aryl methyl sites for hydroxylation is 1. The number of nitrogens with zero attached hydrogens (tertiary/aromatic N) is 1. The van der Waals surface area contributed by atoms with Crippen molar-refractivity contribution in [1.82, 2.24) is 15.5 Å². The molecule has 0 spiro atoms. The van der Waals surface area contributed by atoms with Crippen LogP contribution in [-0.2, 0) is 16.0 Å². The molecule has 0 aliphatic heterocycles. The molecule has 2 N–H and O–H groups in total. The number of aromatic nitrogens is 2. The van der Waals surface area contributed by atoms with E-state index in [2.05, 4.69) is 15.5 Å². The van der Waals surface area contributed by atoms with Crippen LogP contribution in [0.15, 0.2) is 41.1 Å². The number of fused-ring (bicyclic) bond motifs is 1. The van der Waals surface area contributed by atoms with Gasteiger partial charge in [-0.05, 0) is 18.6 Å². The normalized spacial score (nSPS) is 12.1. The highest BCUT2D eigenvalue weighted by molar-refractivity contribution is 5.95. The van der Waals surface area contributed by atoms with Crippen molar-refractivity contribution in [3.05, 3.63) is 53.5 Å². The molecule has 24 heavy (non-hydrogen) atoms. The molecular weight excluding hydrogens is 310 g/mol. The van der Waals surface area contributed by atoms with E-state index >= 15 is 0 Å². The summed E-state index contributed by atoms with van der Waals surface area (Å²) in [7, 11) is 1.29. The summed E-state index contributed by atoms with van der Waals surface area (Å²) < 4.78 is 9.69. The van der Waals surface area contributed by atoms with E-state index in [0.717, 1.165) is 16.5 Å². The molecule has 0 fully saturated rings. The topological polar surface area (TPSA) is 97.2 Å². The number of carbonyl (C=O) groups is 2.